The number of carbonyl (C=O) groups excluding carboxylic acids is 3. The van der Waals surface area contributed by atoms with E-state index in [1.165, 1.54) is 154 Å². The van der Waals surface area contributed by atoms with Gasteiger partial charge in [-0.3, -0.25) is 14.4 Å². The molecule has 0 aliphatic carbocycles. The summed E-state index contributed by atoms with van der Waals surface area (Å²) in [5.74, 6) is -0.896. The minimum atomic E-state index is -0.776. The molecule has 0 N–H and O–H groups in total. The van der Waals surface area contributed by atoms with Crippen molar-refractivity contribution in [1.82, 2.24) is 0 Å². The fourth-order valence-electron chi connectivity index (χ4n) is 7.68. The van der Waals surface area contributed by atoms with Gasteiger partial charge in [0.05, 0.1) is 0 Å². The molecule has 0 aliphatic rings. The molecule has 1 atom stereocenters. The molecule has 0 rings (SSSR count). The molecule has 0 spiro atoms. The van der Waals surface area contributed by atoms with Gasteiger partial charge in [0.15, 0.2) is 6.10 Å². The Labute approximate surface area is 390 Å². The zero-order valence-electron chi connectivity index (χ0n) is 41.8. The largest absolute Gasteiger partial charge is 0.462 e. The van der Waals surface area contributed by atoms with Crippen molar-refractivity contribution in [2.75, 3.05) is 13.2 Å². The van der Waals surface area contributed by atoms with Gasteiger partial charge in [-0.05, 0) is 83.5 Å². The first-order chi connectivity index (χ1) is 31.0. The lowest BCUT2D eigenvalue weighted by atomic mass is 10.1. The fourth-order valence-corrected chi connectivity index (χ4v) is 7.68. The lowest BCUT2D eigenvalue weighted by Gasteiger charge is -2.18. The van der Waals surface area contributed by atoms with Crippen LogP contribution in [-0.2, 0) is 28.6 Å². The summed E-state index contributed by atoms with van der Waals surface area (Å²) in [5.41, 5.74) is 0. The lowest BCUT2D eigenvalue weighted by molar-refractivity contribution is -0.167. The van der Waals surface area contributed by atoms with E-state index in [9.17, 15) is 14.4 Å². The predicted molar refractivity (Wildman–Crippen MR) is 270 cm³/mol. The van der Waals surface area contributed by atoms with Crippen molar-refractivity contribution < 1.29 is 28.6 Å². The van der Waals surface area contributed by atoms with Gasteiger partial charge in [0.2, 0.25) is 0 Å². The Kier molecular flexibility index (Phi) is 49.8. The lowest BCUT2D eigenvalue weighted by Crippen LogP contribution is -2.30. The van der Waals surface area contributed by atoms with E-state index < -0.39 is 6.10 Å². The van der Waals surface area contributed by atoms with Crippen LogP contribution in [0.4, 0.5) is 0 Å². The highest BCUT2D eigenvalue weighted by molar-refractivity contribution is 5.71. The standard InChI is InChI=1S/C57H102O6/c1-4-7-10-13-16-18-20-22-24-26-27-28-29-30-31-32-34-35-37-39-41-44-47-50-56(59)62-53-54(52-61-55(58)49-46-43-15-12-9-6-3)63-57(60)51-48-45-42-40-38-36-33-25-23-21-19-17-14-11-8-5-2/h20,22,25-27,29-30,33,54H,4-19,21,23-24,28,31-32,34-53H2,1-3H3/b22-20-,27-26-,30-29-,33-25-. The summed E-state index contributed by atoms with van der Waals surface area (Å²) in [6.45, 7) is 6.57. The summed E-state index contributed by atoms with van der Waals surface area (Å²) in [7, 11) is 0. The topological polar surface area (TPSA) is 78.9 Å². The Morgan fingerprint density at radius 3 is 0.905 bits per heavy atom. The zero-order chi connectivity index (χ0) is 45.8. The summed E-state index contributed by atoms with van der Waals surface area (Å²) in [6.07, 6.45) is 62.7. The van der Waals surface area contributed by atoms with Gasteiger partial charge >= 0.3 is 17.9 Å². The van der Waals surface area contributed by atoms with Gasteiger partial charge in [-0.1, -0.05) is 223 Å². The average molecular weight is 883 g/mol. The molecule has 0 fully saturated rings. The van der Waals surface area contributed by atoms with Crippen LogP contribution in [-0.4, -0.2) is 37.2 Å². The van der Waals surface area contributed by atoms with Gasteiger partial charge in [-0.15, -0.1) is 0 Å². The molecule has 0 aromatic heterocycles. The molecule has 366 valence electrons. The van der Waals surface area contributed by atoms with E-state index in [1.807, 2.05) is 0 Å². The molecule has 0 radical (unpaired) electrons. The highest BCUT2D eigenvalue weighted by Crippen LogP contribution is 2.15. The van der Waals surface area contributed by atoms with Gasteiger partial charge in [-0.2, -0.15) is 0 Å². The van der Waals surface area contributed by atoms with Crippen LogP contribution in [0.3, 0.4) is 0 Å². The summed E-state index contributed by atoms with van der Waals surface area (Å²) in [4.78, 5) is 37.8. The van der Waals surface area contributed by atoms with Crippen LogP contribution in [0, 0.1) is 0 Å². The normalized spacial score (nSPS) is 12.4. The second-order valence-electron chi connectivity index (χ2n) is 18.1. The van der Waals surface area contributed by atoms with Gasteiger partial charge < -0.3 is 14.2 Å². The second-order valence-corrected chi connectivity index (χ2v) is 18.1. The van der Waals surface area contributed by atoms with Crippen LogP contribution in [0.1, 0.15) is 278 Å². The molecule has 0 aliphatic heterocycles. The van der Waals surface area contributed by atoms with Crippen molar-refractivity contribution in [3.8, 4) is 0 Å². The maximum absolute atomic E-state index is 12.8. The van der Waals surface area contributed by atoms with Gasteiger partial charge in [-0.25, -0.2) is 0 Å². The third-order valence-corrected chi connectivity index (χ3v) is 11.8. The summed E-state index contributed by atoms with van der Waals surface area (Å²) in [6, 6.07) is 0. The van der Waals surface area contributed by atoms with Crippen LogP contribution in [0.15, 0.2) is 48.6 Å². The maximum Gasteiger partial charge on any atom is 0.306 e. The van der Waals surface area contributed by atoms with Crippen LogP contribution < -0.4 is 0 Å². The van der Waals surface area contributed by atoms with Crippen LogP contribution in [0.5, 0.6) is 0 Å². The zero-order valence-corrected chi connectivity index (χ0v) is 41.8. The second kappa shape index (κ2) is 52.0. The first-order valence-corrected chi connectivity index (χ1v) is 27.1. The third kappa shape index (κ3) is 50.2. The van der Waals surface area contributed by atoms with Crippen molar-refractivity contribution in [2.24, 2.45) is 0 Å². The average Bonchev–Trinajstić information content (AvgIpc) is 3.28. The molecule has 63 heavy (non-hydrogen) atoms. The maximum atomic E-state index is 12.8. The Hall–Kier alpha value is -2.63. The number of hydrogen-bond donors (Lipinski definition) is 0. The van der Waals surface area contributed by atoms with E-state index in [0.29, 0.717) is 19.3 Å². The van der Waals surface area contributed by atoms with Crippen LogP contribution in [0.25, 0.3) is 0 Å². The first-order valence-electron chi connectivity index (χ1n) is 27.1. The van der Waals surface area contributed by atoms with E-state index in [4.69, 9.17) is 14.2 Å². The molecule has 0 aromatic carbocycles. The molecular formula is C57H102O6. The van der Waals surface area contributed by atoms with E-state index in [1.54, 1.807) is 0 Å². The highest BCUT2D eigenvalue weighted by atomic mass is 16.6. The van der Waals surface area contributed by atoms with Gasteiger partial charge in [0.25, 0.3) is 0 Å². The Bertz CT molecular complexity index is 1110. The summed E-state index contributed by atoms with van der Waals surface area (Å²) >= 11 is 0. The van der Waals surface area contributed by atoms with E-state index in [2.05, 4.69) is 69.4 Å². The van der Waals surface area contributed by atoms with Crippen molar-refractivity contribution in [1.29, 1.82) is 0 Å². The minimum absolute atomic E-state index is 0.0781. The number of rotatable bonds is 49. The molecule has 0 bridgehead atoms. The Morgan fingerprint density at radius 1 is 0.317 bits per heavy atom. The quantitative estimate of drug-likeness (QED) is 0.0262. The molecule has 6 nitrogen and oxygen atoms in total. The van der Waals surface area contributed by atoms with Crippen LogP contribution >= 0.6 is 0 Å². The van der Waals surface area contributed by atoms with Crippen molar-refractivity contribution in [3.05, 3.63) is 48.6 Å². The summed E-state index contributed by atoms with van der Waals surface area (Å²) in [5, 5.41) is 0. The van der Waals surface area contributed by atoms with E-state index in [0.717, 1.165) is 83.5 Å². The molecule has 1 unspecified atom stereocenters. The molecule has 0 heterocycles. The number of unbranched alkanes of at least 4 members (excludes halogenated alkanes) is 30. The number of hydrogen-bond acceptors (Lipinski definition) is 6. The van der Waals surface area contributed by atoms with Crippen molar-refractivity contribution >= 4 is 17.9 Å². The summed E-state index contributed by atoms with van der Waals surface area (Å²) < 4.78 is 16.7. The number of ether oxygens (including phenoxy) is 3. The number of esters is 3. The van der Waals surface area contributed by atoms with Crippen molar-refractivity contribution in [3.63, 3.8) is 0 Å². The SMILES string of the molecule is CCCCCCC/C=C\C/C=C\C/C=C\CCCCCCCCCCC(=O)OCC(COC(=O)CCCCCCCC)OC(=O)CCCCCCC/C=C\CCCCCCCCC. The Morgan fingerprint density at radius 2 is 0.571 bits per heavy atom. The molecule has 0 aromatic rings. The smallest absolute Gasteiger partial charge is 0.306 e. The molecular weight excluding hydrogens is 781 g/mol. The minimum Gasteiger partial charge on any atom is -0.462 e. The molecule has 0 saturated heterocycles. The number of carbonyl (C=O) groups is 3. The molecule has 0 amide bonds. The van der Waals surface area contributed by atoms with E-state index >= 15 is 0 Å². The highest BCUT2D eigenvalue weighted by Gasteiger charge is 2.19. The third-order valence-electron chi connectivity index (χ3n) is 11.8. The molecule has 6 heteroatoms. The monoisotopic (exact) mass is 883 g/mol. The number of allylic oxidation sites excluding steroid dienone is 8. The van der Waals surface area contributed by atoms with E-state index in [-0.39, 0.29) is 31.1 Å². The van der Waals surface area contributed by atoms with Crippen LogP contribution in [0.2, 0.25) is 0 Å². The van der Waals surface area contributed by atoms with Crippen molar-refractivity contribution in [2.45, 2.75) is 284 Å². The predicted octanol–water partition coefficient (Wildman–Crippen LogP) is 17.9. The fraction of sp³-hybridized carbons (Fsp3) is 0.807. The van der Waals surface area contributed by atoms with Gasteiger partial charge in [0.1, 0.15) is 13.2 Å². The molecule has 0 saturated carbocycles. The Balaban J connectivity index is 4.18. The van der Waals surface area contributed by atoms with Gasteiger partial charge in [0, 0.05) is 19.3 Å². The first kappa shape index (κ1) is 60.4.